The maximum Gasteiger partial charge on any atom is 0.414 e. The largest absolute Gasteiger partial charge is 0.414 e. The molecule has 2 N–H and O–H groups in total. The number of nitrogen functional groups attached to an aromatic ring is 1. The summed E-state index contributed by atoms with van der Waals surface area (Å²) in [6.45, 7) is 0. The molecule has 0 aliphatic carbocycles. The molecule has 0 aromatic heterocycles. The molecule has 0 unspecified atom stereocenters. The summed E-state index contributed by atoms with van der Waals surface area (Å²) >= 11 is 2.04. The van der Waals surface area contributed by atoms with E-state index in [9.17, 15) is 4.79 Å². The summed E-state index contributed by atoms with van der Waals surface area (Å²) in [5, 5.41) is 0. The van der Waals surface area contributed by atoms with E-state index in [4.69, 9.17) is 10.5 Å². The predicted molar refractivity (Wildman–Crippen MR) is 63.3 cm³/mol. The minimum atomic E-state index is -0.409. The molecule has 1 aromatic carbocycles. The molecule has 0 aliphatic rings. The zero-order valence-corrected chi connectivity index (χ0v) is 10.1. The lowest BCUT2D eigenvalue weighted by Gasteiger charge is -2.12. The lowest BCUT2D eigenvalue weighted by molar-refractivity contribution is 0.171. The van der Waals surface area contributed by atoms with Gasteiger partial charge in [-0.15, -0.1) is 0 Å². The number of hydrogen-bond acceptors (Lipinski definition) is 3. The van der Waals surface area contributed by atoms with Crippen molar-refractivity contribution in [2.24, 2.45) is 0 Å². The number of nitrogens with two attached hydrogens (primary N) is 1. The monoisotopic (exact) mass is 306 g/mol. The summed E-state index contributed by atoms with van der Waals surface area (Å²) < 4.78 is 5.84. The molecular weight excluding hydrogens is 295 g/mol. The topological polar surface area (TPSA) is 55.6 Å². The third-order valence-corrected chi connectivity index (χ3v) is 2.71. The van der Waals surface area contributed by atoms with Gasteiger partial charge in [0.1, 0.15) is 5.75 Å². The number of anilines is 1. The summed E-state index contributed by atoms with van der Waals surface area (Å²) in [4.78, 5) is 12.6. The lowest BCUT2D eigenvalue weighted by Crippen LogP contribution is -2.25. The van der Waals surface area contributed by atoms with Crippen molar-refractivity contribution < 1.29 is 9.53 Å². The van der Waals surface area contributed by atoms with Crippen LogP contribution in [0.5, 0.6) is 5.75 Å². The first kappa shape index (κ1) is 11.1. The fourth-order valence-corrected chi connectivity index (χ4v) is 1.26. The van der Waals surface area contributed by atoms with Gasteiger partial charge in [-0.25, -0.2) is 4.79 Å². The van der Waals surface area contributed by atoms with Crippen molar-refractivity contribution >= 4 is 34.4 Å². The van der Waals surface area contributed by atoms with Gasteiger partial charge in [-0.1, -0.05) is 6.07 Å². The third kappa shape index (κ3) is 2.50. The molecule has 1 aromatic rings. The van der Waals surface area contributed by atoms with E-state index in [2.05, 4.69) is 0 Å². The van der Waals surface area contributed by atoms with Crippen LogP contribution in [-0.4, -0.2) is 25.1 Å². The van der Waals surface area contributed by atoms with Gasteiger partial charge in [0, 0.05) is 19.8 Å². The molecule has 0 heterocycles. The Morgan fingerprint density at radius 2 is 2.14 bits per heavy atom. The van der Waals surface area contributed by atoms with E-state index in [1.165, 1.54) is 4.90 Å². The van der Waals surface area contributed by atoms with Crippen LogP contribution in [0.1, 0.15) is 0 Å². The average molecular weight is 306 g/mol. The number of nitrogens with zero attached hydrogens (tertiary/aromatic N) is 1. The number of amides is 1. The maximum absolute atomic E-state index is 11.2. The van der Waals surface area contributed by atoms with Gasteiger partial charge in [0.2, 0.25) is 0 Å². The molecule has 1 amide bonds. The molecule has 0 radical (unpaired) electrons. The lowest BCUT2D eigenvalue weighted by atomic mass is 10.3. The van der Waals surface area contributed by atoms with Crippen molar-refractivity contribution in [3.8, 4) is 5.75 Å². The van der Waals surface area contributed by atoms with E-state index >= 15 is 0 Å². The molecular formula is C9H11IN2O2. The molecule has 14 heavy (non-hydrogen) atoms. The number of halogens is 1. The number of benzene rings is 1. The van der Waals surface area contributed by atoms with Crippen LogP contribution >= 0.6 is 22.6 Å². The van der Waals surface area contributed by atoms with Gasteiger partial charge in [0.25, 0.3) is 0 Å². The molecule has 0 aliphatic heterocycles. The highest BCUT2D eigenvalue weighted by molar-refractivity contribution is 14.1. The van der Waals surface area contributed by atoms with Crippen molar-refractivity contribution in [2.45, 2.75) is 0 Å². The molecule has 1 rings (SSSR count). The second-order valence-corrected chi connectivity index (χ2v) is 4.00. The Morgan fingerprint density at radius 1 is 1.50 bits per heavy atom. The summed E-state index contributed by atoms with van der Waals surface area (Å²) in [5.41, 5.74) is 6.27. The molecule has 0 atom stereocenters. The minimum absolute atomic E-state index is 0.409. The van der Waals surface area contributed by atoms with Gasteiger partial charge in [0.05, 0.1) is 3.57 Å². The molecule has 5 heteroatoms. The molecule has 76 valence electrons. The van der Waals surface area contributed by atoms with Gasteiger partial charge >= 0.3 is 6.09 Å². The van der Waals surface area contributed by atoms with Crippen LogP contribution in [-0.2, 0) is 0 Å². The van der Waals surface area contributed by atoms with Gasteiger partial charge in [-0.2, -0.15) is 0 Å². The van der Waals surface area contributed by atoms with Crippen LogP contribution in [0.3, 0.4) is 0 Å². The van der Waals surface area contributed by atoms with Gasteiger partial charge in [-0.05, 0) is 34.7 Å². The van der Waals surface area contributed by atoms with Gasteiger partial charge < -0.3 is 15.4 Å². The first-order valence-electron chi connectivity index (χ1n) is 3.95. The summed E-state index contributed by atoms with van der Waals surface area (Å²) in [7, 11) is 3.25. The van der Waals surface area contributed by atoms with E-state index in [0.717, 1.165) is 3.57 Å². The van der Waals surface area contributed by atoms with Gasteiger partial charge in [-0.3, -0.25) is 0 Å². The fraction of sp³-hybridized carbons (Fsp3) is 0.222. The van der Waals surface area contributed by atoms with Crippen molar-refractivity contribution in [1.82, 2.24) is 4.90 Å². The highest BCUT2D eigenvalue weighted by atomic mass is 127. The molecule has 0 saturated carbocycles. The van der Waals surface area contributed by atoms with E-state index in [1.54, 1.807) is 32.3 Å². The molecule has 0 bridgehead atoms. The summed E-state index contributed by atoms with van der Waals surface area (Å²) in [6.07, 6.45) is -0.409. The zero-order chi connectivity index (χ0) is 10.7. The van der Waals surface area contributed by atoms with E-state index in [0.29, 0.717) is 11.4 Å². The second kappa shape index (κ2) is 4.50. The fourth-order valence-electron chi connectivity index (χ4n) is 0.792. The Kier molecular flexibility index (Phi) is 3.56. The van der Waals surface area contributed by atoms with Crippen LogP contribution in [0, 0.1) is 3.57 Å². The van der Waals surface area contributed by atoms with Crippen molar-refractivity contribution in [3.63, 3.8) is 0 Å². The normalized spacial score (nSPS) is 9.64. The Bertz CT molecular complexity index is 353. The SMILES string of the molecule is CN(C)C(=O)Oc1cccc(N)c1I. The number of rotatable bonds is 1. The first-order valence-corrected chi connectivity index (χ1v) is 5.03. The number of ether oxygens (including phenoxy) is 1. The molecule has 4 nitrogen and oxygen atoms in total. The number of carbonyl (C=O) groups excluding carboxylic acids is 1. The zero-order valence-electron chi connectivity index (χ0n) is 7.95. The molecule has 0 saturated heterocycles. The smallest absolute Gasteiger partial charge is 0.409 e. The number of carbonyl (C=O) groups is 1. The van der Waals surface area contributed by atoms with Crippen LogP contribution in [0.2, 0.25) is 0 Å². The van der Waals surface area contributed by atoms with Gasteiger partial charge in [0.15, 0.2) is 0 Å². The highest BCUT2D eigenvalue weighted by Gasteiger charge is 2.10. The molecule has 0 spiro atoms. The van der Waals surface area contributed by atoms with Crippen molar-refractivity contribution in [1.29, 1.82) is 0 Å². The van der Waals surface area contributed by atoms with E-state index < -0.39 is 6.09 Å². The predicted octanol–water partition coefficient (Wildman–Crippen LogP) is 1.93. The first-order chi connectivity index (χ1) is 6.52. The Morgan fingerprint density at radius 3 is 2.71 bits per heavy atom. The van der Waals surface area contributed by atoms with Crippen LogP contribution < -0.4 is 10.5 Å². The van der Waals surface area contributed by atoms with Crippen molar-refractivity contribution in [3.05, 3.63) is 21.8 Å². The average Bonchev–Trinajstić information content (AvgIpc) is 2.12. The van der Waals surface area contributed by atoms with Crippen molar-refractivity contribution in [2.75, 3.05) is 19.8 Å². The Balaban J connectivity index is 2.87. The maximum atomic E-state index is 11.2. The standard InChI is InChI=1S/C9H11IN2O2/c1-12(2)9(13)14-7-5-3-4-6(11)8(7)10/h3-5H,11H2,1-2H3. The van der Waals surface area contributed by atoms with Crippen LogP contribution in [0.4, 0.5) is 10.5 Å². The third-order valence-electron chi connectivity index (χ3n) is 1.56. The second-order valence-electron chi connectivity index (χ2n) is 2.92. The highest BCUT2D eigenvalue weighted by Crippen LogP contribution is 2.26. The quantitative estimate of drug-likeness (QED) is 0.637. The van der Waals surface area contributed by atoms with Crippen LogP contribution in [0.25, 0.3) is 0 Å². The Labute approximate surface area is 96.2 Å². The summed E-state index contributed by atoms with van der Waals surface area (Å²) in [5.74, 6) is 0.490. The van der Waals surface area contributed by atoms with E-state index in [1.807, 2.05) is 22.6 Å². The number of hydrogen-bond donors (Lipinski definition) is 1. The summed E-state index contributed by atoms with van der Waals surface area (Å²) in [6, 6.07) is 5.21. The van der Waals surface area contributed by atoms with Crippen LogP contribution in [0.15, 0.2) is 18.2 Å². The minimum Gasteiger partial charge on any atom is -0.409 e. The molecule has 0 fully saturated rings. The van der Waals surface area contributed by atoms with E-state index in [-0.39, 0.29) is 0 Å². The Hall–Kier alpha value is -0.980.